The maximum atomic E-state index is 12.0. The first-order valence-corrected chi connectivity index (χ1v) is 6.41. The van der Waals surface area contributed by atoms with E-state index in [2.05, 4.69) is 15.9 Å². The molecule has 1 N–H and O–H groups in total. The van der Waals surface area contributed by atoms with Gasteiger partial charge in [-0.2, -0.15) is 0 Å². The lowest BCUT2D eigenvalue weighted by Crippen LogP contribution is -2.08. The highest BCUT2D eigenvalue weighted by Gasteiger charge is 2.16. The minimum Gasteiger partial charge on any atom is -0.481 e. The SMILES string of the molecule is CC(C(=O)O)c1ccc(C(=O)c2ccc(Br)o2)cc1. The van der Waals surface area contributed by atoms with Gasteiger partial charge in [0.05, 0.1) is 5.92 Å². The number of carboxylic acid groups (broad SMARTS) is 1. The average Bonchev–Trinajstić information content (AvgIpc) is 2.84. The van der Waals surface area contributed by atoms with Gasteiger partial charge in [-0.15, -0.1) is 0 Å². The van der Waals surface area contributed by atoms with Crippen molar-refractivity contribution in [2.75, 3.05) is 0 Å². The molecule has 1 atom stereocenters. The monoisotopic (exact) mass is 322 g/mol. The average molecular weight is 323 g/mol. The molecule has 1 heterocycles. The number of carbonyl (C=O) groups is 2. The molecule has 0 amide bonds. The van der Waals surface area contributed by atoms with Crippen molar-refractivity contribution in [2.45, 2.75) is 12.8 Å². The maximum absolute atomic E-state index is 12.0. The Morgan fingerprint density at radius 2 is 1.79 bits per heavy atom. The minimum atomic E-state index is -0.894. The van der Waals surface area contributed by atoms with Gasteiger partial charge in [0.1, 0.15) is 0 Å². The third kappa shape index (κ3) is 2.93. The molecule has 0 aliphatic rings. The summed E-state index contributed by atoms with van der Waals surface area (Å²) in [5, 5.41) is 8.91. The van der Waals surface area contributed by atoms with Crippen LogP contribution in [-0.4, -0.2) is 16.9 Å². The molecular formula is C14H11BrO4. The van der Waals surface area contributed by atoms with Crippen LogP contribution >= 0.6 is 15.9 Å². The van der Waals surface area contributed by atoms with E-state index in [0.717, 1.165) is 0 Å². The number of rotatable bonds is 4. The molecule has 1 aromatic heterocycles. The lowest BCUT2D eigenvalue weighted by Gasteiger charge is -2.06. The molecule has 0 fully saturated rings. The van der Waals surface area contributed by atoms with E-state index in [1.54, 1.807) is 43.3 Å². The first-order chi connectivity index (χ1) is 8.99. The molecule has 98 valence electrons. The standard InChI is InChI=1S/C14H11BrO4/c1-8(14(17)18)9-2-4-10(5-3-9)13(16)11-6-7-12(15)19-11/h2-8H,1H3,(H,17,18). The predicted octanol–water partition coefficient (Wildman–Crippen LogP) is 3.46. The fraction of sp³-hybridized carbons (Fsp3) is 0.143. The molecule has 0 saturated heterocycles. The fourth-order valence-electron chi connectivity index (χ4n) is 1.64. The molecule has 1 aromatic carbocycles. The number of carboxylic acids is 1. The Kier molecular flexibility index (Phi) is 3.85. The highest BCUT2D eigenvalue weighted by atomic mass is 79.9. The van der Waals surface area contributed by atoms with Crippen LogP contribution in [0.25, 0.3) is 0 Å². The Labute approximate surface area is 118 Å². The van der Waals surface area contributed by atoms with E-state index in [0.29, 0.717) is 15.8 Å². The van der Waals surface area contributed by atoms with Gasteiger partial charge in [0.2, 0.25) is 5.78 Å². The number of carbonyl (C=O) groups excluding carboxylic acids is 1. The Balaban J connectivity index is 2.23. The van der Waals surface area contributed by atoms with Crippen LogP contribution in [0, 0.1) is 0 Å². The van der Waals surface area contributed by atoms with E-state index in [-0.39, 0.29) is 11.5 Å². The van der Waals surface area contributed by atoms with Gasteiger partial charge in [-0.3, -0.25) is 9.59 Å². The molecule has 0 saturated carbocycles. The molecule has 0 aliphatic heterocycles. The first kappa shape index (κ1) is 13.5. The molecule has 5 heteroatoms. The number of ketones is 1. The summed E-state index contributed by atoms with van der Waals surface area (Å²) in [4.78, 5) is 22.9. The zero-order chi connectivity index (χ0) is 14.0. The smallest absolute Gasteiger partial charge is 0.310 e. The van der Waals surface area contributed by atoms with Gasteiger partial charge < -0.3 is 9.52 Å². The molecule has 0 aliphatic carbocycles. The zero-order valence-electron chi connectivity index (χ0n) is 10.1. The highest BCUT2D eigenvalue weighted by molar-refractivity contribution is 9.10. The molecule has 0 spiro atoms. The van der Waals surface area contributed by atoms with Gasteiger partial charge in [0, 0.05) is 5.56 Å². The Morgan fingerprint density at radius 3 is 2.26 bits per heavy atom. The van der Waals surface area contributed by atoms with Gasteiger partial charge in [0.25, 0.3) is 0 Å². The Hall–Kier alpha value is -1.88. The summed E-state index contributed by atoms with van der Waals surface area (Å²) in [5.74, 6) is -1.48. The van der Waals surface area contributed by atoms with E-state index in [4.69, 9.17) is 9.52 Å². The predicted molar refractivity (Wildman–Crippen MR) is 72.3 cm³/mol. The quantitative estimate of drug-likeness (QED) is 0.875. The van der Waals surface area contributed by atoms with Crippen LogP contribution in [0.4, 0.5) is 0 Å². The molecule has 0 bridgehead atoms. The van der Waals surface area contributed by atoms with E-state index in [1.165, 1.54) is 0 Å². The van der Waals surface area contributed by atoms with Crippen molar-refractivity contribution in [1.82, 2.24) is 0 Å². The van der Waals surface area contributed by atoms with Gasteiger partial charge in [-0.1, -0.05) is 24.3 Å². The number of benzene rings is 1. The van der Waals surface area contributed by atoms with Gasteiger partial charge >= 0.3 is 5.97 Å². The van der Waals surface area contributed by atoms with Gasteiger partial charge in [-0.25, -0.2) is 0 Å². The summed E-state index contributed by atoms with van der Waals surface area (Å²) in [5.41, 5.74) is 1.12. The highest BCUT2D eigenvalue weighted by Crippen LogP contribution is 2.20. The molecule has 19 heavy (non-hydrogen) atoms. The van der Waals surface area contributed by atoms with E-state index in [9.17, 15) is 9.59 Å². The topological polar surface area (TPSA) is 67.5 Å². The minimum absolute atomic E-state index is 0.236. The summed E-state index contributed by atoms with van der Waals surface area (Å²) in [6, 6.07) is 9.73. The summed E-state index contributed by atoms with van der Waals surface area (Å²) in [6.45, 7) is 1.60. The van der Waals surface area contributed by atoms with Crippen LogP contribution in [0.5, 0.6) is 0 Å². The van der Waals surface area contributed by atoms with Crippen molar-refractivity contribution in [1.29, 1.82) is 0 Å². The lowest BCUT2D eigenvalue weighted by molar-refractivity contribution is -0.138. The van der Waals surface area contributed by atoms with E-state index >= 15 is 0 Å². The summed E-state index contributed by atoms with van der Waals surface area (Å²) in [7, 11) is 0. The summed E-state index contributed by atoms with van der Waals surface area (Å²) >= 11 is 3.14. The van der Waals surface area contributed by atoms with Crippen molar-refractivity contribution in [3.8, 4) is 0 Å². The number of aliphatic carboxylic acids is 1. The summed E-state index contributed by atoms with van der Waals surface area (Å²) in [6.07, 6.45) is 0. The fourth-order valence-corrected chi connectivity index (χ4v) is 1.95. The largest absolute Gasteiger partial charge is 0.481 e. The molecule has 2 rings (SSSR count). The molecular weight excluding hydrogens is 312 g/mol. The Bertz CT molecular complexity index is 613. The lowest BCUT2D eigenvalue weighted by atomic mass is 9.98. The molecule has 0 radical (unpaired) electrons. The molecule has 4 nitrogen and oxygen atoms in total. The van der Waals surface area contributed by atoms with Crippen molar-refractivity contribution >= 4 is 27.7 Å². The van der Waals surface area contributed by atoms with Gasteiger partial charge in [0.15, 0.2) is 10.4 Å². The van der Waals surface area contributed by atoms with Crippen LogP contribution in [-0.2, 0) is 4.79 Å². The van der Waals surface area contributed by atoms with Crippen LogP contribution in [0.1, 0.15) is 34.5 Å². The number of halogens is 1. The maximum Gasteiger partial charge on any atom is 0.310 e. The zero-order valence-corrected chi connectivity index (χ0v) is 11.7. The van der Waals surface area contributed by atoms with Crippen molar-refractivity contribution < 1.29 is 19.1 Å². The third-order valence-corrected chi connectivity index (χ3v) is 3.27. The van der Waals surface area contributed by atoms with E-state index < -0.39 is 11.9 Å². The van der Waals surface area contributed by atoms with Crippen LogP contribution in [0.3, 0.4) is 0 Å². The van der Waals surface area contributed by atoms with Gasteiger partial charge in [-0.05, 0) is 40.5 Å². The van der Waals surface area contributed by atoms with E-state index in [1.807, 2.05) is 0 Å². The van der Waals surface area contributed by atoms with Crippen LogP contribution in [0.15, 0.2) is 45.5 Å². The third-order valence-electron chi connectivity index (χ3n) is 2.84. The van der Waals surface area contributed by atoms with Crippen LogP contribution < -0.4 is 0 Å². The second-order valence-corrected chi connectivity index (χ2v) is 4.90. The second-order valence-electron chi connectivity index (χ2n) is 4.11. The molecule has 2 aromatic rings. The first-order valence-electron chi connectivity index (χ1n) is 5.62. The van der Waals surface area contributed by atoms with Crippen LogP contribution in [0.2, 0.25) is 0 Å². The number of hydrogen-bond acceptors (Lipinski definition) is 3. The Morgan fingerprint density at radius 1 is 1.16 bits per heavy atom. The van der Waals surface area contributed by atoms with Crippen molar-refractivity contribution in [2.24, 2.45) is 0 Å². The number of hydrogen-bond donors (Lipinski definition) is 1. The second kappa shape index (κ2) is 5.40. The summed E-state index contributed by atoms with van der Waals surface area (Å²) < 4.78 is 5.68. The van der Waals surface area contributed by atoms with Crippen molar-refractivity contribution in [3.05, 3.63) is 58.0 Å². The molecule has 1 unspecified atom stereocenters. The normalized spacial score (nSPS) is 12.1. The number of furan rings is 1. The van der Waals surface area contributed by atoms with Crippen molar-refractivity contribution in [3.63, 3.8) is 0 Å².